The van der Waals surface area contributed by atoms with E-state index in [1.165, 1.54) is 0 Å². The van der Waals surface area contributed by atoms with Crippen molar-refractivity contribution in [2.45, 2.75) is 20.4 Å². The third kappa shape index (κ3) is 4.75. The first-order chi connectivity index (χ1) is 14.0. The summed E-state index contributed by atoms with van der Waals surface area (Å²) in [7, 11) is 2.05. The third-order valence-corrected chi connectivity index (χ3v) is 6.49. The Hall–Kier alpha value is -2.48. The average Bonchev–Trinajstić information content (AvgIpc) is 3.29. The van der Waals surface area contributed by atoms with E-state index < -0.39 is 0 Å². The zero-order valence-corrected chi connectivity index (χ0v) is 18.7. The molecule has 0 fully saturated rings. The molecule has 0 radical (unpaired) electrons. The lowest BCUT2D eigenvalue weighted by atomic mass is 10.2. The molecule has 8 heteroatoms. The van der Waals surface area contributed by atoms with E-state index in [4.69, 9.17) is 11.6 Å². The second kappa shape index (κ2) is 8.49. The summed E-state index contributed by atoms with van der Waals surface area (Å²) in [6, 6.07) is 11.9. The second-order valence-electron chi connectivity index (χ2n) is 6.69. The molecule has 1 aromatic carbocycles. The zero-order chi connectivity index (χ0) is 20.4. The summed E-state index contributed by atoms with van der Waals surface area (Å²) in [6.45, 7) is 4.80. The maximum atomic E-state index is 5.96. The van der Waals surface area contributed by atoms with Crippen molar-refractivity contribution in [2.24, 2.45) is 0 Å². The van der Waals surface area contributed by atoms with Crippen LogP contribution in [0.15, 0.2) is 48.0 Å². The van der Waals surface area contributed by atoms with Crippen LogP contribution in [0.4, 0.5) is 16.6 Å². The minimum Gasteiger partial charge on any atom is -0.370 e. The van der Waals surface area contributed by atoms with E-state index in [0.29, 0.717) is 0 Å². The quantitative estimate of drug-likeness (QED) is 0.379. The van der Waals surface area contributed by atoms with Gasteiger partial charge in [-0.25, -0.2) is 15.0 Å². The fourth-order valence-corrected chi connectivity index (χ4v) is 4.76. The molecule has 0 saturated heterocycles. The number of rotatable bonds is 6. The normalized spacial score (nSPS) is 10.9. The van der Waals surface area contributed by atoms with Gasteiger partial charge in [0.05, 0.1) is 21.3 Å². The van der Waals surface area contributed by atoms with Crippen LogP contribution in [0, 0.1) is 13.8 Å². The fourth-order valence-electron chi connectivity index (χ4n) is 2.97. The fraction of sp³-hybridized carbons (Fsp3) is 0.190. The standard InChI is InChI=1S/C21H20ClN5S2/c1-13-20(29-14(2)24-13)18-12-28-21(25-18)26-19-9-4-15(10-23-19)11-27(3)17-7-5-16(22)6-8-17/h4-10,12H,11H2,1-3H3,(H,23,25,26). The van der Waals surface area contributed by atoms with E-state index in [9.17, 15) is 0 Å². The maximum Gasteiger partial charge on any atom is 0.188 e. The lowest BCUT2D eigenvalue weighted by Crippen LogP contribution is -2.16. The molecule has 0 aliphatic carbocycles. The van der Waals surface area contributed by atoms with Gasteiger partial charge in [-0.2, -0.15) is 0 Å². The molecule has 3 aromatic heterocycles. The Morgan fingerprint density at radius 3 is 2.52 bits per heavy atom. The van der Waals surface area contributed by atoms with Crippen molar-refractivity contribution >= 4 is 50.9 Å². The summed E-state index contributed by atoms with van der Waals surface area (Å²) in [5.41, 5.74) is 4.22. The number of nitrogens with zero attached hydrogens (tertiary/aromatic N) is 4. The van der Waals surface area contributed by atoms with Gasteiger partial charge in [0.2, 0.25) is 0 Å². The molecular formula is C21H20ClN5S2. The van der Waals surface area contributed by atoms with Crippen LogP contribution in [0.2, 0.25) is 5.02 Å². The number of halogens is 1. The molecule has 1 N–H and O–H groups in total. The number of aromatic nitrogens is 3. The SMILES string of the molecule is Cc1nc(C)c(-c2csc(Nc3ccc(CN(C)c4ccc(Cl)cc4)cn3)n2)s1. The second-order valence-corrected chi connectivity index (χ2v) is 9.19. The molecular weight excluding hydrogens is 422 g/mol. The largest absolute Gasteiger partial charge is 0.370 e. The van der Waals surface area contributed by atoms with Crippen LogP contribution in [-0.2, 0) is 6.54 Å². The van der Waals surface area contributed by atoms with Gasteiger partial charge in [0, 0.05) is 35.9 Å². The van der Waals surface area contributed by atoms with Gasteiger partial charge in [-0.3, -0.25) is 0 Å². The van der Waals surface area contributed by atoms with Crippen LogP contribution >= 0.6 is 34.3 Å². The van der Waals surface area contributed by atoms with Crippen molar-refractivity contribution < 1.29 is 0 Å². The van der Waals surface area contributed by atoms with Gasteiger partial charge in [0.1, 0.15) is 5.82 Å². The number of pyridine rings is 1. The summed E-state index contributed by atoms with van der Waals surface area (Å²) in [6.07, 6.45) is 1.89. The van der Waals surface area contributed by atoms with Crippen LogP contribution in [-0.4, -0.2) is 22.0 Å². The Bertz CT molecular complexity index is 1100. The van der Waals surface area contributed by atoms with Gasteiger partial charge in [0.25, 0.3) is 0 Å². The highest BCUT2D eigenvalue weighted by atomic mass is 35.5. The van der Waals surface area contributed by atoms with E-state index in [-0.39, 0.29) is 0 Å². The molecule has 0 saturated carbocycles. The highest BCUT2D eigenvalue weighted by molar-refractivity contribution is 7.16. The summed E-state index contributed by atoms with van der Waals surface area (Å²) >= 11 is 9.20. The number of aryl methyl sites for hydroxylation is 2. The highest BCUT2D eigenvalue weighted by Gasteiger charge is 2.12. The van der Waals surface area contributed by atoms with E-state index in [0.717, 1.165) is 55.0 Å². The topological polar surface area (TPSA) is 53.9 Å². The number of nitrogens with one attached hydrogen (secondary N) is 1. The number of hydrogen-bond acceptors (Lipinski definition) is 7. The van der Waals surface area contributed by atoms with E-state index in [1.807, 2.05) is 50.4 Å². The summed E-state index contributed by atoms with van der Waals surface area (Å²) in [5, 5.41) is 7.96. The third-order valence-electron chi connectivity index (χ3n) is 4.39. The number of hydrogen-bond donors (Lipinski definition) is 1. The number of benzene rings is 1. The van der Waals surface area contributed by atoms with Gasteiger partial charge in [-0.1, -0.05) is 17.7 Å². The minimum atomic E-state index is 0.741. The molecule has 148 valence electrons. The van der Waals surface area contributed by atoms with E-state index in [1.54, 1.807) is 22.7 Å². The van der Waals surface area contributed by atoms with Gasteiger partial charge >= 0.3 is 0 Å². The Kier molecular flexibility index (Phi) is 5.80. The molecule has 0 amide bonds. The summed E-state index contributed by atoms with van der Waals surface area (Å²) in [4.78, 5) is 17.0. The van der Waals surface area contributed by atoms with Crippen molar-refractivity contribution in [3.05, 3.63) is 69.3 Å². The monoisotopic (exact) mass is 441 g/mol. The van der Waals surface area contributed by atoms with Gasteiger partial charge in [-0.15, -0.1) is 22.7 Å². The van der Waals surface area contributed by atoms with Crippen LogP contribution in [0.25, 0.3) is 10.6 Å². The molecule has 29 heavy (non-hydrogen) atoms. The summed E-state index contributed by atoms with van der Waals surface area (Å²) < 4.78 is 0. The van der Waals surface area contributed by atoms with Crippen LogP contribution in [0.5, 0.6) is 0 Å². The van der Waals surface area contributed by atoms with Crippen molar-refractivity contribution in [3.8, 4) is 10.6 Å². The molecule has 4 rings (SSSR count). The van der Waals surface area contributed by atoms with Gasteiger partial charge < -0.3 is 10.2 Å². The predicted octanol–water partition coefficient (Wildman–Crippen LogP) is 6.31. The lowest BCUT2D eigenvalue weighted by Gasteiger charge is -2.19. The van der Waals surface area contributed by atoms with Gasteiger partial charge in [-0.05, 0) is 49.7 Å². The predicted molar refractivity (Wildman–Crippen MR) is 124 cm³/mol. The van der Waals surface area contributed by atoms with Crippen molar-refractivity contribution in [1.29, 1.82) is 0 Å². The first-order valence-electron chi connectivity index (χ1n) is 9.06. The zero-order valence-electron chi connectivity index (χ0n) is 16.3. The van der Waals surface area contributed by atoms with Crippen molar-refractivity contribution in [2.75, 3.05) is 17.3 Å². The maximum absolute atomic E-state index is 5.96. The molecule has 4 aromatic rings. The molecule has 5 nitrogen and oxygen atoms in total. The van der Waals surface area contributed by atoms with Crippen molar-refractivity contribution in [1.82, 2.24) is 15.0 Å². The first-order valence-corrected chi connectivity index (χ1v) is 11.1. The molecule has 0 aliphatic heterocycles. The van der Waals surface area contributed by atoms with Crippen LogP contribution < -0.4 is 10.2 Å². The Labute approximate surface area is 183 Å². The summed E-state index contributed by atoms with van der Waals surface area (Å²) in [5.74, 6) is 0.779. The first kappa shape index (κ1) is 19.8. The molecule has 0 aliphatic rings. The van der Waals surface area contributed by atoms with E-state index >= 15 is 0 Å². The van der Waals surface area contributed by atoms with Crippen LogP contribution in [0.1, 0.15) is 16.3 Å². The Balaban J connectivity index is 1.41. The highest BCUT2D eigenvalue weighted by Crippen LogP contribution is 2.32. The molecule has 3 heterocycles. The minimum absolute atomic E-state index is 0.741. The van der Waals surface area contributed by atoms with Crippen molar-refractivity contribution in [3.63, 3.8) is 0 Å². The van der Waals surface area contributed by atoms with Crippen LogP contribution in [0.3, 0.4) is 0 Å². The number of anilines is 3. The molecule has 0 spiro atoms. The molecule has 0 atom stereocenters. The molecule has 0 unspecified atom stereocenters. The number of thiazole rings is 2. The Morgan fingerprint density at radius 2 is 1.86 bits per heavy atom. The van der Waals surface area contributed by atoms with Gasteiger partial charge in [0.15, 0.2) is 5.13 Å². The smallest absolute Gasteiger partial charge is 0.188 e. The lowest BCUT2D eigenvalue weighted by molar-refractivity contribution is 0.916. The van der Waals surface area contributed by atoms with E-state index in [2.05, 4.69) is 43.7 Å². The molecule has 0 bridgehead atoms. The Morgan fingerprint density at radius 1 is 1.07 bits per heavy atom. The average molecular weight is 442 g/mol.